The number of fused-ring (bicyclic) bond motifs is 1. The van der Waals surface area contributed by atoms with Gasteiger partial charge in [-0.25, -0.2) is 9.78 Å². The van der Waals surface area contributed by atoms with Crippen LogP contribution in [0.1, 0.15) is 27.7 Å². The normalized spacial score (nSPS) is 17.4. The highest BCUT2D eigenvalue weighted by molar-refractivity contribution is 6.44. The Balaban J connectivity index is 1.44. The van der Waals surface area contributed by atoms with Gasteiger partial charge in [-0.05, 0) is 24.4 Å². The lowest BCUT2D eigenvalue weighted by molar-refractivity contribution is -0.141. The summed E-state index contributed by atoms with van der Waals surface area (Å²) in [5, 5.41) is 19.3. The van der Waals surface area contributed by atoms with Gasteiger partial charge in [-0.15, -0.1) is 0 Å². The average Bonchev–Trinajstić information content (AvgIpc) is 3.17. The molecule has 1 saturated heterocycles. The molecule has 11 heteroatoms. The molecule has 0 saturated carbocycles. The molecular formula is C17H19BN4O6. The second-order valence-electron chi connectivity index (χ2n) is 6.81. The number of hydrogen-bond donors (Lipinski definition) is 4. The minimum absolute atomic E-state index is 0.116. The van der Waals surface area contributed by atoms with Crippen LogP contribution in [0.2, 0.25) is 6.32 Å². The van der Waals surface area contributed by atoms with Gasteiger partial charge in [-0.2, -0.15) is 0 Å². The van der Waals surface area contributed by atoms with Gasteiger partial charge in [0.05, 0.1) is 31.3 Å². The van der Waals surface area contributed by atoms with Gasteiger partial charge in [0.15, 0.2) is 0 Å². The van der Waals surface area contributed by atoms with Gasteiger partial charge in [0.1, 0.15) is 29.2 Å². The lowest BCUT2D eigenvalue weighted by Crippen LogP contribution is -2.58. The van der Waals surface area contributed by atoms with Crippen molar-refractivity contribution in [1.29, 1.82) is 0 Å². The highest BCUT2D eigenvalue weighted by atomic mass is 16.5. The minimum atomic E-state index is -1.20. The van der Waals surface area contributed by atoms with Crippen LogP contribution in [-0.2, 0) is 11.2 Å². The van der Waals surface area contributed by atoms with E-state index < -0.39 is 19.1 Å². The van der Waals surface area contributed by atoms with Gasteiger partial charge in [-0.3, -0.25) is 4.79 Å². The molecule has 1 aromatic carbocycles. The van der Waals surface area contributed by atoms with Crippen LogP contribution in [0.4, 0.5) is 0 Å². The van der Waals surface area contributed by atoms with Crippen LogP contribution in [0.25, 0.3) is 0 Å². The highest BCUT2D eigenvalue weighted by Crippen LogP contribution is 2.37. The second kappa shape index (κ2) is 7.17. The first-order valence-electron chi connectivity index (χ1n) is 8.87. The van der Waals surface area contributed by atoms with Gasteiger partial charge in [0.2, 0.25) is 5.91 Å². The Morgan fingerprint density at radius 1 is 1.43 bits per heavy atom. The fourth-order valence-electron chi connectivity index (χ4n) is 3.35. The number of nitrogens with one attached hydrogen (secondary N) is 1. The fraction of sp³-hybridized carbons (Fsp3) is 0.353. The molecule has 2 aromatic rings. The zero-order chi connectivity index (χ0) is 19.8. The van der Waals surface area contributed by atoms with Crippen molar-refractivity contribution in [2.45, 2.75) is 24.9 Å². The van der Waals surface area contributed by atoms with Crippen molar-refractivity contribution in [2.24, 2.45) is 5.73 Å². The van der Waals surface area contributed by atoms with E-state index >= 15 is 0 Å². The van der Waals surface area contributed by atoms with E-state index in [1.54, 1.807) is 12.1 Å². The molecule has 2 aliphatic rings. The molecule has 1 fully saturated rings. The Bertz CT molecular complexity index is 899. The number of carboxylic acids is 1. The topological polar surface area (TPSA) is 151 Å². The van der Waals surface area contributed by atoms with Gasteiger partial charge in [-0.1, -0.05) is 6.07 Å². The molecule has 146 valence electrons. The summed E-state index contributed by atoms with van der Waals surface area (Å²) >= 11 is 0. The summed E-state index contributed by atoms with van der Waals surface area (Å²) in [5.41, 5.74) is 7.04. The number of hydrogen-bond acceptors (Lipinski definition) is 7. The van der Waals surface area contributed by atoms with E-state index in [4.69, 9.17) is 15.1 Å². The Hall–Kier alpha value is -3.05. The quantitative estimate of drug-likeness (QED) is 0.517. The van der Waals surface area contributed by atoms with E-state index in [-0.39, 0.29) is 29.1 Å². The molecule has 1 amide bonds. The Kier molecular flexibility index (Phi) is 4.69. The van der Waals surface area contributed by atoms with Gasteiger partial charge in [0, 0.05) is 0 Å². The van der Waals surface area contributed by atoms with Crippen molar-refractivity contribution >= 4 is 19.0 Å². The predicted molar refractivity (Wildman–Crippen MR) is 97.0 cm³/mol. The number of amides is 1. The van der Waals surface area contributed by atoms with Crippen LogP contribution in [0.15, 0.2) is 24.7 Å². The van der Waals surface area contributed by atoms with Crippen LogP contribution in [0.3, 0.4) is 0 Å². The molecule has 5 N–H and O–H groups in total. The van der Waals surface area contributed by atoms with Gasteiger partial charge in [0.25, 0.3) is 0 Å². The monoisotopic (exact) mass is 386 g/mol. The first-order chi connectivity index (χ1) is 13.4. The molecule has 0 spiro atoms. The number of carbonyl (C=O) groups is 2. The number of nitrogens with two attached hydrogens (primary N) is 1. The maximum Gasteiger partial charge on any atom is 0.522 e. The van der Waals surface area contributed by atoms with Gasteiger partial charge >= 0.3 is 13.1 Å². The summed E-state index contributed by atoms with van der Waals surface area (Å²) in [4.78, 5) is 32.3. The molecule has 1 aromatic heterocycles. The number of aromatic carboxylic acids is 1. The third-order valence-corrected chi connectivity index (χ3v) is 4.90. The number of H-pyrrole nitrogens is 1. The van der Waals surface area contributed by atoms with Gasteiger partial charge < -0.3 is 35.1 Å². The smallest absolute Gasteiger partial charge is 0.522 e. The largest absolute Gasteiger partial charge is 0.535 e. The van der Waals surface area contributed by atoms with E-state index in [9.17, 15) is 19.7 Å². The third kappa shape index (κ3) is 3.29. The molecule has 4 rings (SSSR count). The Labute approximate surface area is 160 Å². The zero-order valence-corrected chi connectivity index (χ0v) is 14.9. The molecule has 0 radical (unpaired) electrons. The zero-order valence-electron chi connectivity index (χ0n) is 14.9. The summed E-state index contributed by atoms with van der Waals surface area (Å²) in [6.07, 6.45) is 3.52. The molecule has 3 heterocycles. The number of nitrogens with zero attached hydrogens (tertiary/aromatic N) is 2. The molecule has 28 heavy (non-hydrogen) atoms. The Morgan fingerprint density at radius 2 is 2.21 bits per heavy atom. The van der Waals surface area contributed by atoms with Crippen molar-refractivity contribution < 1.29 is 29.1 Å². The van der Waals surface area contributed by atoms with Crippen molar-refractivity contribution in [1.82, 2.24) is 14.9 Å². The van der Waals surface area contributed by atoms with Crippen molar-refractivity contribution in [2.75, 3.05) is 13.1 Å². The first-order valence-corrected chi connectivity index (χ1v) is 8.87. The van der Waals surface area contributed by atoms with Crippen LogP contribution < -0.4 is 15.1 Å². The molecule has 10 nitrogen and oxygen atoms in total. The maximum atomic E-state index is 12.4. The molecule has 2 aliphatic heterocycles. The van der Waals surface area contributed by atoms with Crippen LogP contribution >= 0.6 is 0 Å². The summed E-state index contributed by atoms with van der Waals surface area (Å²) in [6.45, 7) is 0.584. The number of imidazole rings is 1. The number of aromatic nitrogens is 2. The Morgan fingerprint density at radius 3 is 2.89 bits per heavy atom. The van der Waals surface area contributed by atoms with E-state index in [0.29, 0.717) is 37.1 Å². The predicted octanol–water partition coefficient (Wildman–Crippen LogP) is -0.187. The first kappa shape index (κ1) is 18.3. The molecular weight excluding hydrogens is 367 g/mol. The van der Waals surface area contributed by atoms with Crippen LogP contribution in [0.5, 0.6) is 11.5 Å². The van der Waals surface area contributed by atoms with E-state index in [1.807, 2.05) is 0 Å². The van der Waals surface area contributed by atoms with E-state index in [2.05, 4.69) is 9.97 Å². The van der Waals surface area contributed by atoms with Crippen molar-refractivity contribution in [3.8, 4) is 11.5 Å². The SMILES string of the molecule is NC(C(=O)N1CC(Oc2ccc3c(c2C(=O)O)OB(O)CC3)C1)c1cnc[nH]1. The molecule has 1 unspecified atom stereocenters. The molecule has 1 atom stereocenters. The summed E-state index contributed by atoms with van der Waals surface area (Å²) < 4.78 is 11.1. The highest BCUT2D eigenvalue weighted by Gasteiger charge is 2.37. The summed E-state index contributed by atoms with van der Waals surface area (Å²) in [7, 11) is -1.04. The second-order valence-corrected chi connectivity index (χ2v) is 6.81. The summed E-state index contributed by atoms with van der Waals surface area (Å²) in [5.74, 6) is -1.18. The number of aromatic amines is 1. The summed E-state index contributed by atoms with van der Waals surface area (Å²) in [6, 6.07) is 2.49. The number of ether oxygens (including phenoxy) is 1. The third-order valence-electron chi connectivity index (χ3n) is 4.90. The maximum absolute atomic E-state index is 12.4. The number of benzene rings is 1. The van der Waals surface area contributed by atoms with Crippen LogP contribution in [0, 0.1) is 0 Å². The van der Waals surface area contributed by atoms with E-state index in [0.717, 1.165) is 0 Å². The number of carbonyl (C=O) groups excluding carboxylic acids is 1. The van der Waals surface area contributed by atoms with Crippen molar-refractivity contribution in [3.05, 3.63) is 41.5 Å². The molecule has 0 bridgehead atoms. The number of carboxylic acid groups (broad SMARTS) is 1. The lowest BCUT2D eigenvalue weighted by Gasteiger charge is -2.40. The minimum Gasteiger partial charge on any atom is -0.535 e. The molecule has 0 aliphatic carbocycles. The number of rotatable bonds is 5. The standard InChI is InChI=1S/C17H19BN4O6/c19-14(11-5-20-8-21-11)16(23)22-6-10(7-22)27-12-2-1-9-3-4-18(26)28-15(9)13(12)17(24)25/h1-2,5,8,10,14,26H,3-4,6-7,19H2,(H,20,21)(H,24,25). The van der Waals surface area contributed by atoms with Crippen molar-refractivity contribution in [3.63, 3.8) is 0 Å². The fourth-order valence-corrected chi connectivity index (χ4v) is 3.35. The van der Waals surface area contributed by atoms with E-state index in [1.165, 1.54) is 17.4 Å². The number of likely N-dealkylation sites (tertiary alicyclic amines) is 1. The average molecular weight is 386 g/mol. The van der Waals surface area contributed by atoms with Crippen LogP contribution in [-0.4, -0.2) is 63.2 Å². The number of aryl methyl sites for hydroxylation is 1. The lowest BCUT2D eigenvalue weighted by atomic mass is 9.78.